The van der Waals surface area contributed by atoms with Crippen LogP contribution in [0.25, 0.3) is 0 Å². The van der Waals surface area contributed by atoms with E-state index in [0.717, 1.165) is 0 Å². The van der Waals surface area contributed by atoms with Crippen LogP contribution in [0.3, 0.4) is 0 Å². The zero-order valence-corrected chi connectivity index (χ0v) is 19.8. The molecular formula is C24H52ClN. The maximum Gasteiger partial charge on any atom is 0.0154 e. The van der Waals surface area contributed by atoms with Gasteiger partial charge in [-0.05, 0) is 38.5 Å². The van der Waals surface area contributed by atoms with Crippen molar-refractivity contribution < 1.29 is 0 Å². The molecule has 0 amide bonds. The molecule has 0 saturated heterocycles. The Morgan fingerprint density at radius 2 is 0.846 bits per heavy atom. The molecule has 0 unspecified atom stereocenters. The van der Waals surface area contributed by atoms with Gasteiger partial charge >= 0.3 is 0 Å². The Hall–Kier alpha value is 0.250. The Balaban J connectivity index is 0. The van der Waals surface area contributed by atoms with Crippen LogP contribution in [0.1, 0.15) is 144 Å². The fraction of sp³-hybridized carbons (Fsp3) is 1.00. The topological polar surface area (TPSA) is 26.0 Å². The number of halogens is 1. The predicted octanol–water partition coefficient (Wildman–Crippen LogP) is 8.82. The van der Waals surface area contributed by atoms with Gasteiger partial charge in [0.05, 0.1) is 0 Å². The standard InChI is InChI=1S/C24H51N.ClH/c1-6-9-10-11-12-13-14-15-16-17-18-19-20-21-22-24(7-2,8-3)23(4,5)25;/h6-22,25H2,1-5H3;1H. The van der Waals surface area contributed by atoms with E-state index in [1.807, 2.05) is 0 Å². The fourth-order valence-corrected chi connectivity index (χ4v) is 4.49. The lowest BCUT2D eigenvalue weighted by molar-refractivity contribution is 0.116. The summed E-state index contributed by atoms with van der Waals surface area (Å²) in [5, 5.41) is 0. The predicted molar refractivity (Wildman–Crippen MR) is 123 cm³/mol. The van der Waals surface area contributed by atoms with E-state index in [-0.39, 0.29) is 17.9 Å². The van der Waals surface area contributed by atoms with Gasteiger partial charge in [0.25, 0.3) is 0 Å². The summed E-state index contributed by atoms with van der Waals surface area (Å²) in [5.41, 5.74) is 6.78. The average Bonchev–Trinajstić information content (AvgIpc) is 2.57. The molecule has 160 valence electrons. The molecule has 0 aliphatic carbocycles. The van der Waals surface area contributed by atoms with E-state index in [2.05, 4.69) is 34.6 Å². The molecule has 0 radical (unpaired) electrons. The molecule has 0 atom stereocenters. The summed E-state index contributed by atoms with van der Waals surface area (Å²) in [4.78, 5) is 0. The molecule has 0 aromatic carbocycles. The molecule has 0 rings (SSSR count). The van der Waals surface area contributed by atoms with E-state index in [1.54, 1.807) is 0 Å². The summed E-state index contributed by atoms with van der Waals surface area (Å²) in [7, 11) is 0. The van der Waals surface area contributed by atoms with Crippen molar-refractivity contribution in [2.45, 2.75) is 149 Å². The Morgan fingerprint density at radius 3 is 1.12 bits per heavy atom. The number of nitrogens with two attached hydrogens (primary N) is 1. The fourth-order valence-electron chi connectivity index (χ4n) is 4.49. The first-order valence-electron chi connectivity index (χ1n) is 11.7. The van der Waals surface area contributed by atoms with Crippen LogP contribution in [0, 0.1) is 5.41 Å². The van der Waals surface area contributed by atoms with Crippen LogP contribution in [-0.2, 0) is 0 Å². The molecule has 0 aliphatic rings. The normalized spacial score (nSPS) is 12.2. The molecule has 0 heterocycles. The second-order valence-electron chi connectivity index (χ2n) is 9.06. The molecule has 2 N–H and O–H groups in total. The summed E-state index contributed by atoms with van der Waals surface area (Å²) in [6, 6.07) is 0. The minimum absolute atomic E-state index is 0. The third-order valence-corrected chi connectivity index (χ3v) is 6.73. The van der Waals surface area contributed by atoms with Crippen LogP contribution in [0.2, 0.25) is 0 Å². The van der Waals surface area contributed by atoms with Crippen molar-refractivity contribution in [2.24, 2.45) is 11.1 Å². The van der Waals surface area contributed by atoms with Crippen LogP contribution in [0.5, 0.6) is 0 Å². The molecule has 0 spiro atoms. The van der Waals surface area contributed by atoms with Crippen molar-refractivity contribution in [3.05, 3.63) is 0 Å². The van der Waals surface area contributed by atoms with Crippen LogP contribution in [0.4, 0.5) is 0 Å². The molecule has 0 aromatic heterocycles. The van der Waals surface area contributed by atoms with Crippen LogP contribution < -0.4 is 5.73 Å². The van der Waals surface area contributed by atoms with E-state index < -0.39 is 0 Å². The first-order chi connectivity index (χ1) is 11.9. The summed E-state index contributed by atoms with van der Waals surface area (Å²) >= 11 is 0. The van der Waals surface area contributed by atoms with Gasteiger partial charge in [-0.15, -0.1) is 12.4 Å². The highest BCUT2D eigenvalue weighted by Crippen LogP contribution is 2.41. The van der Waals surface area contributed by atoms with E-state index >= 15 is 0 Å². The van der Waals surface area contributed by atoms with Crippen LogP contribution in [-0.4, -0.2) is 5.54 Å². The number of unbranched alkanes of at least 4 members (excludes halogenated alkanes) is 13. The van der Waals surface area contributed by atoms with Crippen molar-refractivity contribution >= 4 is 12.4 Å². The molecule has 1 nitrogen and oxygen atoms in total. The average molecular weight is 390 g/mol. The van der Waals surface area contributed by atoms with Gasteiger partial charge in [0.1, 0.15) is 0 Å². The SMILES string of the molecule is CCCCCCCCCCCCCCCCC(CC)(CC)C(C)(C)N.Cl. The smallest absolute Gasteiger partial charge is 0.0154 e. The van der Waals surface area contributed by atoms with E-state index in [0.29, 0.717) is 5.41 Å². The Kier molecular flexibility index (Phi) is 19.0. The lowest BCUT2D eigenvalue weighted by Gasteiger charge is -2.44. The van der Waals surface area contributed by atoms with Gasteiger partial charge < -0.3 is 5.73 Å². The number of hydrogen-bond acceptors (Lipinski definition) is 1. The number of hydrogen-bond donors (Lipinski definition) is 1. The largest absolute Gasteiger partial charge is 0.325 e. The molecular weight excluding hydrogens is 338 g/mol. The van der Waals surface area contributed by atoms with Gasteiger partial charge in [0.15, 0.2) is 0 Å². The molecule has 0 aliphatic heterocycles. The van der Waals surface area contributed by atoms with Crippen LogP contribution >= 0.6 is 12.4 Å². The lowest BCUT2D eigenvalue weighted by atomic mass is 9.65. The Bertz CT molecular complexity index is 278. The van der Waals surface area contributed by atoms with E-state index in [1.165, 1.54) is 109 Å². The second kappa shape index (κ2) is 17.4. The second-order valence-corrected chi connectivity index (χ2v) is 9.06. The summed E-state index contributed by atoms with van der Waals surface area (Å²) in [6.07, 6.45) is 23.8. The van der Waals surface area contributed by atoms with Crippen molar-refractivity contribution in [1.82, 2.24) is 0 Å². The summed E-state index contributed by atoms with van der Waals surface area (Å²) in [6.45, 7) is 11.4. The Labute approximate surface area is 173 Å². The molecule has 26 heavy (non-hydrogen) atoms. The third kappa shape index (κ3) is 12.6. The molecule has 0 saturated carbocycles. The molecule has 2 heteroatoms. The van der Waals surface area contributed by atoms with Crippen molar-refractivity contribution in [1.29, 1.82) is 0 Å². The zero-order valence-electron chi connectivity index (χ0n) is 19.0. The zero-order chi connectivity index (χ0) is 19.0. The molecule has 0 bridgehead atoms. The highest BCUT2D eigenvalue weighted by molar-refractivity contribution is 5.85. The van der Waals surface area contributed by atoms with Gasteiger partial charge in [0.2, 0.25) is 0 Å². The minimum atomic E-state index is -0.0486. The monoisotopic (exact) mass is 389 g/mol. The van der Waals surface area contributed by atoms with Gasteiger partial charge in [-0.25, -0.2) is 0 Å². The summed E-state index contributed by atoms with van der Waals surface area (Å²) in [5.74, 6) is 0. The van der Waals surface area contributed by atoms with Crippen molar-refractivity contribution in [3.8, 4) is 0 Å². The quantitative estimate of drug-likeness (QED) is 0.233. The number of rotatable bonds is 18. The lowest BCUT2D eigenvalue weighted by Crippen LogP contribution is -2.50. The van der Waals surface area contributed by atoms with Gasteiger partial charge in [-0.1, -0.05) is 111 Å². The maximum atomic E-state index is 6.49. The van der Waals surface area contributed by atoms with E-state index in [4.69, 9.17) is 5.73 Å². The van der Waals surface area contributed by atoms with E-state index in [9.17, 15) is 0 Å². The Morgan fingerprint density at radius 1 is 0.538 bits per heavy atom. The first-order valence-corrected chi connectivity index (χ1v) is 11.7. The highest BCUT2D eigenvalue weighted by atomic mass is 35.5. The summed E-state index contributed by atoms with van der Waals surface area (Å²) < 4.78 is 0. The highest BCUT2D eigenvalue weighted by Gasteiger charge is 2.38. The van der Waals surface area contributed by atoms with Gasteiger partial charge in [0, 0.05) is 5.54 Å². The maximum absolute atomic E-state index is 6.49. The minimum Gasteiger partial charge on any atom is -0.325 e. The van der Waals surface area contributed by atoms with Gasteiger partial charge in [-0.2, -0.15) is 0 Å². The van der Waals surface area contributed by atoms with Crippen molar-refractivity contribution in [2.75, 3.05) is 0 Å². The van der Waals surface area contributed by atoms with Crippen molar-refractivity contribution in [3.63, 3.8) is 0 Å². The third-order valence-electron chi connectivity index (χ3n) is 6.73. The van der Waals surface area contributed by atoms with Gasteiger partial charge in [-0.3, -0.25) is 0 Å². The molecule has 0 fully saturated rings. The van der Waals surface area contributed by atoms with Crippen LogP contribution in [0.15, 0.2) is 0 Å². The first kappa shape index (κ1) is 28.5. The molecule has 0 aromatic rings.